The van der Waals surface area contributed by atoms with Gasteiger partial charge in [0.1, 0.15) is 5.75 Å². The van der Waals surface area contributed by atoms with E-state index < -0.39 is 21.5 Å². The molecule has 0 fully saturated rings. The molecule has 0 spiro atoms. The Kier molecular flexibility index (Phi) is 6.87. The first kappa shape index (κ1) is 27.2. The average Bonchev–Trinajstić information content (AvgIpc) is 2.97. The number of fused-ring (bicyclic) bond motifs is 1. The lowest BCUT2D eigenvalue weighted by Crippen LogP contribution is -2.30. The Balaban J connectivity index is 2.03. The number of benzene rings is 2. The Morgan fingerprint density at radius 2 is 1.71 bits per heavy atom. The lowest BCUT2D eigenvalue weighted by molar-refractivity contribution is -0.142. The summed E-state index contributed by atoms with van der Waals surface area (Å²) in [6.45, 7) is 2.01. The van der Waals surface area contributed by atoms with Gasteiger partial charge in [-0.15, -0.1) is 0 Å². The third-order valence-electron chi connectivity index (χ3n) is 5.40. The van der Waals surface area contributed by atoms with Crippen LogP contribution in [0.3, 0.4) is 0 Å². The SMILES string of the molecule is COc1ccc2c(c1)c(CC(=O)OCCS(C)(C)(C)(C)I)c(C)n2S(=O)(=O)c1ccc(Cl)cc1. The maximum Gasteiger partial charge on any atom is 0.310 e. The number of rotatable bonds is 8. The molecule has 1 aromatic heterocycles. The summed E-state index contributed by atoms with van der Waals surface area (Å²) < 4.78 is 39.3. The summed E-state index contributed by atoms with van der Waals surface area (Å²) in [5, 5.41) is 1.08. The van der Waals surface area contributed by atoms with Crippen LogP contribution < -0.4 is 4.74 Å². The van der Waals surface area contributed by atoms with E-state index in [1.165, 1.54) is 28.2 Å². The van der Waals surface area contributed by atoms with E-state index in [0.717, 1.165) is 5.75 Å². The number of hydrogen-bond acceptors (Lipinski definition) is 5. The monoisotopic (exact) mass is 639 g/mol. The van der Waals surface area contributed by atoms with Gasteiger partial charge in [0.25, 0.3) is 10.0 Å². The highest BCUT2D eigenvalue weighted by Crippen LogP contribution is 2.85. The maximum absolute atomic E-state index is 13.6. The quantitative estimate of drug-likeness (QED) is 0.234. The van der Waals surface area contributed by atoms with Crippen LogP contribution in [-0.2, 0) is 26.0 Å². The molecule has 6 nitrogen and oxygen atoms in total. The number of hydrogen-bond donors (Lipinski definition) is 0. The van der Waals surface area contributed by atoms with Crippen LogP contribution in [0, 0.1) is 6.92 Å². The number of carbonyl (C=O) groups excluding carboxylic acids is 1. The third-order valence-corrected chi connectivity index (χ3v) is 10.7. The molecule has 1 heterocycles. The van der Waals surface area contributed by atoms with Gasteiger partial charge in [-0.05, 0) is 101 Å². The number of carbonyl (C=O) groups is 1. The van der Waals surface area contributed by atoms with Crippen molar-refractivity contribution in [2.24, 2.45) is 0 Å². The molecule has 0 radical (unpaired) electrons. The maximum atomic E-state index is 13.6. The average molecular weight is 640 g/mol. The fourth-order valence-electron chi connectivity index (χ4n) is 3.52. The lowest BCUT2D eigenvalue weighted by atomic mass is 10.1. The Hall–Kier alpha value is -1.43. The summed E-state index contributed by atoms with van der Waals surface area (Å²) in [6, 6.07) is 11.2. The number of aromatic nitrogens is 1. The van der Waals surface area contributed by atoms with E-state index in [9.17, 15) is 13.2 Å². The van der Waals surface area contributed by atoms with Crippen LogP contribution in [0.25, 0.3) is 10.9 Å². The molecule has 2 aromatic carbocycles. The van der Waals surface area contributed by atoms with Crippen molar-refractivity contribution in [3.8, 4) is 5.75 Å². The summed E-state index contributed by atoms with van der Waals surface area (Å²) in [7, 11) is -2.39. The summed E-state index contributed by atoms with van der Waals surface area (Å²) in [6.07, 6.45) is 8.85. The summed E-state index contributed by atoms with van der Waals surface area (Å²) in [5.74, 6) is 0.944. The minimum atomic E-state index is -3.93. The largest absolute Gasteiger partial charge is 0.497 e. The van der Waals surface area contributed by atoms with E-state index in [0.29, 0.717) is 39.5 Å². The van der Waals surface area contributed by atoms with E-state index in [1.807, 2.05) is 0 Å². The number of nitrogens with zero attached hydrogens (tertiary/aromatic N) is 1. The second-order valence-electron chi connectivity index (χ2n) is 10.6. The van der Waals surface area contributed by atoms with Crippen LogP contribution >= 0.6 is 38.3 Å². The van der Waals surface area contributed by atoms with Crippen LogP contribution in [0.5, 0.6) is 5.75 Å². The van der Waals surface area contributed by atoms with Crippen LogP contribution in [0.15, 0.2) is 47.4 Å². The van der Waals surface area contributed by atoms with Gasteiger partial charge in [-0.1, -0.05) is 11.6 Å². The zero-order chi connectivity index (χ0) is 25.6. The molecule has 34 heavy (non-hydrogen) atoms. The van der Waals surface area contributed by atoms with Crippen LogP contribution in [0.2, 0.25) is 5.02 Å². The van der Waals surface area contributed by atoms with E-state index in [1.54, 1.807) is 32.2 Å². The van der Waals surface area contributed by atoms with Crippen molar-refractivity contribution in [1.29, 1.82) is 0 Å². The van der Waals surface area contributed by atoms with E-state index in [-0.39, 0.29) is 11.3 Å². The molecule has 188 valence electrons. The van der Waals surface area contributed by atoms with Crippen molar-refractivity contribution in [1.82, 2.24) is 3.97 Å². The summed E-state index contributed by atoms with van der Waals surface area (Å²) >= 11 is 8.44. The van der Waals surface area contributed by atoms with Crippen molar-refractivity contribution in [2.75, 3.05) is 44.5 Å². The van der Waals surface area contributed by atoms with E-state index in [4.69, 9.17) is 21.1 Å². The smallest absolute Gasteiger partial charge is 0.310 e. The highest BCUT2D eigenvalue weighted by Gasteiger charge is 2.39. The van der Waals surface area contributed by atoms with Gasteiger partial charge < -0.3 is 9.47 Å². The Labute approximate surface area is 217 Å². The standard InChI is InChI=1S/C24H31ClINO5S2/c1-17-21(16-24(28)32-13-14-34(3,4,5,6)26)22-15-19(31-2)9-12-23(22)27(17)33(29,30)20-10-7-18(25)8-11-20/h7-12,15H,13-14,16H2,1-6H3. The first-order chi connectivity index (χ1) is 15.4. The zero-order valence-electron chi connectivity index (χ0n) is 20.2. The molecule has 0 N–H and O–H groups in total. The van der Waals surface area contributed by atoms with Gasteiger partial charge in [0.15, 0.2) is 0 Å². The molecule has 0 saturated heterocycles. The van der Waals surface area contributed by atoms with Crippen molar-refractivity contribution in [2.45, 2.75) is 18.2 Å². The van der Waals surface area contributed by atoms with Crippen LogP contribution in [-0.4, -0.2) is 62.9 Å². The molecule has 0 aliphatic carbocycles. The molecule has 0 bridgehead atoms. The highest BCUT2D eigenvalue weighted by molar-refractivity contribution is 14.2. The molecule has 0 aliphatic heterocycles. The van der Waals surface area contributed by atoms with Crippen molar-refractivity contribution in [3.05, 3.63) is 58.7 Å². The van der Waals surface area contributed by atoms with Crippen LogP contribution in [0.1, 0.15) is 11.3 Å². The minimum absolute atomic E-state index is 0.0440. The number of ether oxygens (including phenoxy) is 2. The van der Waals surface area contributed by atoms with Crippen molar-refractivity contribution < 1.29 is 22.7 Å². The van der Waals surface area contributed by atoms with Gasteiger partial charge in [-0.2, -0.15) is 0 Å². The Morgan fingerprint density at radius 3 is 2.26 bits per heavy atom. The predicted molar refractivity (Wildman–Crippen MR) is 152 cm³/mol. The molecule has 10 heteroatoms. The van der Waals surface area contributed by atoms with E-state index in [2.05, 4.69) is 46.2 Å². The second-order valence-corrected chi connectivity index (χ2v) is 34.3. The molecular formula is C24H31ClINO5S2. The Bertz CT molecular complexity index is 1360. The molecule has 0 atom stereocenters. The van der Waals surface area contributed by atoms with Gasteiger partial charge in [0.2, 0.25) is 0 Å². The molecule has 0 aliphatic rings. The molecule has 3 aromatic rings. The highest BCUT2D eigenvalue weighted by atomic mass is 127. The van der Waals surface area contributed by atoms with Gasteiger partial charge in [0, 0.05) is 21.9 Å². The first-order valence-electron chi connectivity index (χ1n) is 10.5. The molecule has 3 rings (SSSR count). The Morgan fingerprint density at radius 1 is 1.09 bits per heavy atom. The molecule has 0 amide bonds. The topological polar surface area (TPSA) is 74.6 Å². The summed E-state index contributed by atoms with van der Waals surface area (Å²) in [4.78, 5) is 12.9. The molecule has 0 unspecified atom stereocenters. The van der Waals surface area contributed by atoms with Gasteiger partial charge in [0.05, 0.1) is 30.5 Å². The van der Waals surface area contributed by atoms with Crippen molar-refractivity contribution in [3.63, 3.8) is 0 Å². The van der Waals surface area contributed by atoms with Crippen molar-refractivity contribution >= 4 is 65.2 Å². The molecular weight excluding hydrogens is 609 g/mol. The summed E-state index contributed by atoms with van der Waals surface area (Å²) in [5.41, 5.74) is -0.745. The fourth-order valence-corrected chi connectivity index (χ4v) is 6.58. The normalized spacial score (nSPS) is 14.5. The van der Waals surface area contributed by atoms with E-state index >= 15 is 0 Å². The number of halogens is 2. The van der Waals surface area contributed by atoms with Gasteiger partial charge >= 0.3 is 5.97 Å². The predicted octanol–water partition coefficient (Wildman–Crippen LogP) is 5.68. The minimum Gasteiger partial charge on any atom is -0.497 e. The second kappa shape index (κ2) is 8.60. The third kappa shape index (κ3) is 6.41. The van der Waals surface area contributed by atoms with Gasteiger partial charge in [-0.3, -0.25) is 4.79 Å². The lowest BCUT2D eigenvalue weighted by Gasteiger charge is -2.63. The van der Waals surface area contributed by atoms with Gasteiger partial charge in [-0.25, -0.2) is 17.9 Å². The number of methoxy groups -OCH3 is 1. The first-order valence-corrected chi connectivity index (χ1v) is 19.1. The fraction of sp³-hybridized carbons (Fsp3) is 0.375. The molecule has 0 saturated carbocycles. The number of esters is 1. The van der Waals surface area contributed by atoms with Crippen LogP contribution in [0.4, 0.5) is 0 Å². The zero-order valence-corrected chi connectivity index (χ0v) is 24.8.